The lowest BCUT2D eigenvalue weighted by atomic mass is 9.91. The van der Waals surface area contributed by atoms with Crippen LogP contribution >= 0.6 is 23.1 Å². The maximum absolute atomic E-state index is 13.1. The molecule has 1 heterocycles. The first-order valence-corrected chi connectivity index (χ1v) is 8.63. The molecule has 2 aromatic rings. The molecular formula is C15H17FN2S2. The van der Waals surface area contributed by atoms with Gasteiger partial charge in [-0.3, -0.25) is 0 Å². The van der Waals surface area contributed by atoms with Crippen LogP contribution < -0.4 is 5.73 Å². The molecule has 0 bridgehead atoms. The number of nitrogens with zero attached hydrogens (tertiary/aromatic N) is 1. The lowest BCUT2D eigenvalue weighted by Crippen LogP contribution is -2.17. The van der Waals surface area contributed by atoms with Crippen molar-refractivity contribution >= 4 is 23.1 Å². The molecule has 0 saturated carbocycles. The van der Waals surface area contributed by atoms with Crippen molar-refractivity contribution in [3.05, 3.63) is 45.7 Å². The van der Waals surface area contributed by atoms with Crippen LogP contribution in [-0.2, 0) is 12.2 Å². The van der Waals surface area contributed by atoms with E-state index in [4.69, 9.17) is 10.7 Å². The number of aryl methyl sites for hydroxylation is 1. The zero-order valence-electron chi connectivity index (χ0n) is 11.1. The van der Waals surface area contributed by atoms with Crippen molar-refractivity contribution < 1.29 is 4.39 Å². The number of halogens is 1. The van der Waals surface area contributed by atoms with Crippen LogP contribution in [0, 0.1) is 5.82 Å². The van der Waals surface area contributed by atoms with Crippen molar-refractivity contribution in [1.29, 1.82) is 0 Å². The topological polar surface area (TPSA) is 38.9 Å². The maximum atomic E-state index is 13.1. The zero-order chi connectivity index (χ0) is 13.9. The Morgan fingerprint density at radius 1 is 1.45 bits per heavy atom. The second-order valence-corrected chi connectivity index (χ2v) is 7.20. The predicted molar refractivity (Wildman–Crippen MR) is 82.8 cm³/mol. The minimum atomic E-state index is -0.184. The van der Waals surface area contributed by atoms with Crippen LogP contribution in [0.1, 0.15) is 34.3 Å². The van der Waals surface area contributed by atoms with E-state index in [-0.39, 0.29) is 5.82 Å². The van der Waals surface area contributed by atoms with E-state index in [1.54, 1.807) is 35.2 Å². The molecule has 0 spiro atoms. The molecule has 2 N–H and O–H groups in total. The Balaban J connectivity index is 1.71. The minimum absolute atomic E-state index is 0.184. The van der Waals surface area contributed by atoms with E-state index in [0.29, 0.717) is 12.5 Å². The summed E-state index contributed by atoms with van der Waals surface area (Å²) in [4.78, 5) is 7.12. The number of rotatable bonds is 4. The van der Waals surface area contributed by atoms with Gasteiger partial charge >= 0.3 is 0 Å². The Labute approximate surface area is 126 Å². The third-order valence-corrected chi connectivity index (χ3v) is 5.88. The molecule has 106 valence electrons. The van der Waals surface area contributed by atoms with E-state index < -0.39 is 0 Å². The van der Waals surface area contributed by atoms with Crippen molar-refractivity contribution in [2.75, 3.05) is 6.54 Å². The summed E-state index contributed by atoms with van der Waals surface area (Å²) < 4.78 is 13.1. The van der Waals surface area contributed by atoms with E-state index >= 15 is 0 Å². The lowest BCUT2D eigenvalue weighted by Gasteiger charge is -2.18. The van der Waals surface area contributed by atoms with E-state index in [2.05, 4.69) is 0 Å². The SMILES string of the molecule is NCC1CCCc2sc(CSc3cccc(F)c3)nc21. The molecule has 1 aromatic carbocycles. The standard InChI is InChI=1S/C15H17FN2S2/c16-11-4-2-5-12(7-11)19-9-14-18-15-10(8-17)3-1-6-13(15)20-14/h2,4-5,7,10H,1,3,6,8-9,17H2. The average Bonchev–Trinajstić information content (AvgIpc) is 2.88. The molecule has 1 unspecified atom stereocenters. The first kappa shape index (κ1) is 14.0. The summed E-state index contributed by atoms with van der Waals surface area (Å²) in [5.41, 5.74) is 7.05. The summed E-state index contributed by atoms with van der Waals surface area (Å²) in [6.45, 7) is 0.688. The van der Waals surface area contributed by atoms with Gasteiger partial charge in [0, 0.05) is 22.2 Å². The van der Waals surface area contributed by atoms with Crippen LogP contribution in [0.3, 0.4) is 0 Å². The number of nitrogens with two attached hydrogens (primary N) is 1. The van der Waals surface area contributed by atoms with Crippen molar-refractivity contribution in [3.8, 4) is 0 Å². The second-order valence-electron chi connectivity index (χ2n) is 4.99. The summed E-state index contributed by atoms with van der Waals surface area (Å²) in [5, 5.41) is 1.13. The molecule has 0 aliphatic heterocycles. The fourth-order valence-corrected chi connectivity index (χ4v) is 4.68. The Morgan fingerprint density at radius 2 is 2.35 bits per heavy atom. The number of aromatic nitrogens is 1. The third-order valence-electron chi connectivity index (χ3n) is 3.56. The number of benzene rings is 1. The third kappa shape index (κ3) is 3.05. The van der Waals surface area contributed by atoms with Gasteiger partial charge in [-0.2, -0.15) is 0 Å². The summed E-state index contributed by atoms with van der Waals surface area (Å²) in [7, 11) is 0. The fourth-order valence-electron chi connectivity index (χ4n) is 2.55. The van der Waals surface area contributed by atoms with Gasteiger partial charge < -0.3 is 5.73 Å². The van der Waals surface area contributed by atoms with Crippen LogP contribution in [0.4, 0.5) is 4.39 Å². The van der Waals surface area contributed by atoms with Crippen LogP contribution in [0.5, 0.6) is 0 Å². The van der Waals surface area contributed by atoms with Crippen molar-refractivity contribution in [1.82, 2.24) is 4.98 Å². The van der Waals surface area contributed by atoms with Crippen LogP contribution in [0.15, 0.2) is 29.2 Å². The van der Waals surface area contributed by atoms with Crippen LogP contribution in [0.25, 0.3) is 0 Å². The normalized spacial score (nSPS) is 18.0. The Kier molecular flexibility index (Phi) is 4.38. The van der Waals surface area contributed by atoms with E-state index in [1.165, 1.54) is 23.1 Å². The van der Waals surface area contributed by atoms with E-state index in [1.807, 2.05) is 6.07 Å². The van der Waals surface area contributed by atoms with Crippen molar-refractivity contribution in [2.24, 2.45) is 5.73 Å². The summed E-state index contributed by atoms with van der Waals surface area (Å²) in [6.07, 6.45) is 3.51. The second kappa shape index (κ2) is 6.24. The molecular weight excluding hydrogens is 291 g/mol. The molecule has 20 heavy (non-hydrogen) atoms. The smallest absolute Gasteiger partial charge is 0.124 e. The Morgan fingerprint density at radius 3 is 3.15 bits per heavy atom. The van der Waals surface area contributed by atoms with Gasteiger partial charge in [0.2, 0.25) is 0 Å². The molecule has 0 amide bonds. The Bertz CT molecular complexity index is 597. The number of thioether (sulfide) groups is 1. The molecule has 0 fully saturated rings. The van der Waals surface area contributed by atoms with Crippen molar-refractivity contribution in [2.45, 2.75) is 35.8 Å². The van der Waals surface area contributed by atoms with E-state index in [9.17, 15) is 4.39 Å². The molecule has 1 atom stereocenters. The van der Waals surface area contributed by atoms with Gasteiger partial charge in [0.15, 0.2) is 0 Å². The Hall–Kier alpha value is -0.910. The van der Waals surface area contributed by atoms with Crippen LogP contribution in [0.2, 0.25) is 0 Å². The highest BCUT2D eigenvalue weighted by atomic mass is 32.2. The molecule has 1 aromatic heterocycles. The number of hydrogen-bond donors (Lipinski definition) is 1. The minimum Gasteiger partial charge on any atom is -0.330 e. The average molecular weight is 308 g/mol. The predicted octanol–water partition coefficient (Wildman–Crippen LogP) is 3.95. The first-order chi connectivity index (χ1) is 9.76. The molecule has 2 nitrogen and oxygen atoms in total. The fraction of sp³-hybridized carbons (Fsp3) is 0.400. The molecule has 1 aliphatic carbocycles. The van der Waals surface area contributed by atoms with Gasteiger partial charge in [-0.1, -0.05) is 6.07 Å². The molecule has 0 saturated heterocycles. The lowest BCUT2D eigenvalue weighted by molar-refractivity contribution is 0.553. The van der Waals surface area contributed by atoms with Gasteiger partial charge in [0.1, 0.15) is 10.8 Å². The van der Waals surface area contributed by atoms with Crippen molar-refractivity contribution in [3.63, 3.8) is 0 Å². The molecule has 0 radical (unpaired) electrons. The quantitative estimate of drug-likeness (QED) is 0.869. The zero-order valence-corrected chi connectivity index (χ0v) is 12.8. The molecule has 3 rings (SSSR count). The highest BCUT2D eigenvalue weighted by Crippen LogP contribution is 2.36. The largest absolute Gasteiger partial charge is 0.330 e. The maximum Gasteiger partial charge on any atom is 0.124 e. The van der Waals surface area contributed by atoms with Gasteiger partial charge in [-0.05, 0) is 37.5 Å². The van der Waals surface area contributed by atoms with Gasteiger partial charge in [-0.15, -0.1) is 23.1 Å². The van der Waals surface area contributed by atoms with E-state index in [0.717, 1.165) is 28.5 Å². The number of hydrogen-bond acceptors (Lipinski definition) is 4. The van der Waals surface area contributed by atoms with Gasteiger partial charge in [0.05, 0.1) is 11.4 Å². The molecule has 5 heteroatoms. The summed E-state index contributed by atoms with van der Waals surface area (Å²) >= 11 is 3.43. The summed E-state index contributed by atoms with van der Waals surface area (Å²) in [6, 6.07) is 6.72. The van der Waals surface area contributed by atoms with Crippen LogP contribution in [-0.4, -0.2) is 11.5 Å². The monoisotopic (exact) mass is 308 g/mol. The molecule has 1 aliphatic rings. The summed E-state index contributed by atoms with van der Waals surface area (Å²) in [5.74, 6) is 1.05. The highest BCUT2D eigenvalue weighted by Gasteiger charge is 2.23. The van der Waals surface area contributed by atoms with Gasteiger partial charge in [-0.25, -0.2) is 9.37 Å². The van der Waals surface area contributed by atoms with Gasteiger partial charge in [0.25, 0.3) is 0 Å². The number of thiazole rings is 1. The highest BCUT2D eigenvalue weighted by molar-refractivity contribution is 7.98. The first-order valence-electron chi connectivity index (χ1n) is 6.83. The number of fused-ring (bicyclic) bond motifs is 1.